The van der Waals surface area contributed by atoms with E-state index in [1.54, 1.807) is 6.08 Å². The number of carbonyl (C=O) groups excluding carboxylic acids is 3. The summed E-state index contributed by atoms with van der Waals surface area (Å²) in [4.78, 5) is 45.3. The third kappa shape index (κ3) is 18.7. The molecule has 23 rings (SSSR count). The first-order chi connectivity index (χ1) is 55.8. The van der Waals surface area contributed by atoms with Crippen molar-refractivity contribution in [1.29, 1.82) is 0 Å². The topological polar surface area (TPSA) is 212 Å². The summed E-state index contributed by atoms with van der Waals surface area (Å²) in [5, 5.41) is 52.6. The molecule has 21 aliphatic carbocycles. The lowest BCUT2D eigenvalue weighted by Gasteiger charge is -2.38. The molecule has 1 amide bonds. The predicted octanol–water partition coefficient (Wildman–Crippen LogP) is 19.0. The Morgan fingerprint density at radius 3 is 1.34 bits per heavy atom. The van der Waals surface area contributed by atoms with Gasteiger partial charge in [0.2, 0.25) is 5.91 Å². The van der Waals surface area contributed by atoms with Gasteiger partial charge in [0.1, 0.15) is 5.78 Å². The van der Waals surface area contributed by atoms with Crippen LogP contribution in [0.25, 0.3) is 0 Å². The van der Waals surface area contributed by atoms with Gasteiger partial charge in [0.05, 0.1) is 25.2 Å². The van der Waals surface area contributed by atoms with E-state index in [4.69, 9.17) is 24.2 Å². The van der Waals surface area contributed by atoms with E-state index < -0.39 is 22.6 Å². The Morgan fingerprint density at radius 2 is 0.863 bits per heavy atom. The van der Waals surface area contributed by atoms with Gasteiger partial charge < -0.3 is 45.0 Å². The first-order valence-corrected chi connectivity index (χ1v) is 53.1. The third-order valence-corrected chi connectivity index (χ3v) is 44.5. The molecular weight excluding hydrogens is 1490 g/mol. The van der Waals surface area contributed by atoms with Crippen LogP contribution >= 0.6 is 0 Å². The molecule has 2 heterocycles. The van der Waals surface area contributed by atoms with Gasteiger partial charge in [-0.3, -0.25) is 19.2 Å². The van der Waals surface area contributed by atoms with Crippen LogP contribution in [-0.2, 0) is 28.0 Å². The fraction of sp³-hybridized carbons (Fsp3) is 0.745. The van der Waals surface area contributed by atoms with E-state index in [9.17, 15) is 29.4 Å². The van der Waals surface area contributed by atoms with Crippen LogP contribution in [0.4, 0.5) is 0 Å². The molecule has 0 aromatic rings. The highest BCUT2D eigenvalue weighted by molar-refractivity contribution is 6.74. The maximum atomic E-state index is 11.7. The molecule has 0 spiro atoms. The van der Waals surface area contributed by atoms with Crippen LogP contribution < -0.4 is 10.6 Å². The number of hydrogen-bond acceptors (Lipinski definition) is 11. The fourth-order valence-electron chi connectivity index (χ4n) is 28.1. The van der Waals surface area contributed by atoms with Gasteiger partial charge in [-0.1, -0.05) is 176 Å². The molecule has 36 atom stereocenters. The molecule has 14 fully saturated rings. The summed E-state index contributed by atoms with van der Waals surface area (Å²) in [6.45, 7) is 36.9. The second kappa shape index (κ2) is 37.2. The monoisotopic (exact) mass is 1640 g/mol. The Balaban J connectivity index is 0.000000109. The van der Waals surface area contributed by atoms with Gasteiger partial charge in [-0.05, 0) is 337 Å². The van der Waals surface area contributed by atoms with Gasteiger partial charge in [0.25, 0.3) is 0 Å². The Labute approximate surface area is 707 Å². The van der Waals surface area contributed by atoms with E-state index in [-0.39, 0.29) is 59.7 Å². The number of ketones is 2. The number of aliphatic hydroxyl groups is 4. The number of Topliss-reactive ketones (excluding diaryl/α,β-unsaturated/α-hetero) is 1. The maximum Gasteiger partial charge on any atom is 0.306 e. The van der Waals surface area contributed by atoms with Gasteiger partial charge in [-0.2, -0.15) is 0 Å². The van der Waals surface area contributed by atoms with Gasteiger partial charge in [0, 0.05) is 63.1 Å². The van der Waals surface area contributed by atoms with Crippen LogP contribution in [0.5, 0.6) is 0 Å². The van der Waals surface area contributed by atoms with E-state index in [1.807, 2.05) is 19.9 Å². The zero-order valence-electron chi connectivity index (χ0n) is 73.9. The quantitative estimate of drug-likeness (QED) is 0.0761. The molecule has 117 heavy (non-hydrogen) atoms. The minimum absolute atomic E-state index is 0.0115. The number of amides is 1. The first kappa shape index (κ1) is 88.9. The van der Waals surface area contributed by atoms with Crippen molar-refractivity contribution in [2.75, 3.05) is 46.2 Å². The highest BCUT2D eigenvalue weighted by Crippen LogP contribution is 2.63. The van der Waals surface area contributed by atoms with Crippen LogP contribution in [0.3, 0.4) is 0 Å². The fourth-order valence-corrected chi connectivity index (χ4v) is 30.2. The summed E-state index contributed by atoms with van der Waals surface area (Å²) >= 11 is 0. The van der Waals surface area contributed by atoms with E-state index in [0.29, 0.717) is 115 Å². The largest absolute Gasteiger partial charge is 0.481 e. The summed E-state index contributed by atoms with van der Waals surface area (Å²) in [5.41, 5.74) is 1.17. The van der Waals surface area contributed by atoms with Crippen molar-refractivity contribution in [2.24, 2.45) is 201 Å². The Hall–Kier alpha value is -4.43. The van der Waals surface area contributed by atoms with Gasteiger partial charge >= 0.3 is 5.97 Å². The van der Waals surface area contributed by atoms with Crippen LogP contribution in [0.2, 0.25) is 36.3 Å². The number of rotatable bonds is 11. The average Bonchev–Trinajstić information content (AvgIpc) is 1.81. The second-order valence-electron chi connectivity index (χ2n) is 44.3. The van der Waals surface area contributed by atoms with Crippen LogP contribution in [0.15, 0.2) is 134 Å². The number of carboxylic acid groups (broad SMARTS) is 1. The molecule has 15 heteroatoms. The molecule has 13 nitrogen and oxygen atoms in total. The normalized spacial score (nSPS) is 44.4. The average molecular weight is 1640 g/mol. The smallest absolute Gasteiger partial charge is 0.306 e. The third-order valence-electron chi connectivity index (χ3n) is 35.5. The minimum Gasteiger partial charge on any atom is -0.481 e. The molecule has 23 aliphatic rings. The van der Waals surface area contributed by atoms with E-state index in [0.717, 1.165) is 158 Å². The summed E-state index contributed by atoms with van der Waals surface area (Å²) in [5.74, 6) is 23.8. The number of aliphatic hydroxyl groups excluding tert-OH is 4. The molecule has 12 saturated carbocycles. The van der Waals surface area contributed by atoms with Gasteiger partial charge in [0.15, 0.2) is 22.4 Å². The minimum atomic E-state index is -1.64. The van der Waals surface area contributed by atoms with Crippen molar-refractivity contribution in [3.63, 3.8) is 0 Å². The number of aliphatic carboxylic acids is 1. The lowest BCUT2D eigenvalue weighted by molar-refractivity contribution is -0.143. The summed E-state index contributed by atoms with van der Waals surface area (Å²) in [6.07, 6.45) is 67.3. The standard InChI is InChI=1S/C17H30OSi.C12H22O2Si.2C11H14O2.C11H16O.C11H16.C10H13NO2.C10H15NO.C5H6.C4H8/c1-17(2,3)19(4,5)18-11-14-8-9-15-12-6-7-13(10-12)16(14)15;1-12(2,3)15(4,5)14-9-10-6-7-11(13)8-10;12-5-8-4-9(13)11-7-2-1-6(3-7)10(8)11;12-11(13)9-4-3-8-6-1-2-7(5-6)10(8)9;12-6-9-3-4-10-7-1-2-8(5-7)11(9)10;1-7-2-5-10-8-3-4-9(6-8)11(7)10;12-4-7-8-5-1-2-6(3-5)9(8)10(13)11-7;12-5-9-10-7-2-1-6(3-7)8(10)4-11-9;1-2-4-5-3-1;1-4(2)3/h6-7,12-16H,8-11H2,1-5H3;6-7,10H,8-9H2,1-5H3;1-2,6-8,10-12H,3-5H2;1-2,6-10H,3-5H2,(H,12,13);1-2,7-12H,3-6H2;3-4,7-11H,2,5-6H2,1H3;1-2,5-9,12H,3-4H2,(H,11,13);1-2,6-12H,3-5H2;1-4H,5H2;1H2,2-3H3/t12-,13+,14-,15-,16-;10-;6-,7+,8+,10+,11-;6-,7+,8-,9+,10+;7-,8+,9-,10-,11-;7-,8+,9-,10+,11-;5-,6+,7+,8+,9+;6-,7+,8-,9-,10+;;/m11011001../s1. The zero-order valence-corrected chi connectivity index (χ0v) is 75.9. The number of carbonyl (C=O) groups is 4. The molecule has 14 bridgehead atoms. The first-order valence-electron chi connectivity index (χ1n) is 47.2. The SMILES string of the molecule is C1=CCC=C1.C=C(C)C.CC(C)(C)[Si](C)(C)OC[C@@H]1C=CC(=O)C1.CC(C)(C)[Si](C)(C)OC[C@H]1CC[C@H]2[C@@H]1[C@H]1C=C[C@@H]2C1.C[C@H]1CC[C@H]2[C@@H]1[C@H]1C=C[C@@H]2C1.O=C(O)[C@H]1CC[C@H]2[C@@H]1[C@H]1C=C[C@@H]2C1.O=C1C[C@H](CO)[C@@H]2[C@H]1[C@@H]1C=C[C@H]2C1.O=C1N[C@H](CO)[C@@H]2[C@H]1[C@@H]1C=C[C@H]2C1.OC[C@H]1CC[C@H]2[C@@H]1[C@H]1C=C[C@@H]2C1.OC[C@H]1NC[C@H]2[C@@H]1[C@H]1C=C[C@@H]2C1. The van der Waals surface area contributed by atoms with Crippen molar-refractivity contribution < 1.29 is 53.6 Å². The van der Waals surface area contributed by atoms with Crippen LogP contribution in [0, 0.1) is 201 Å². The van der Waals surface area contributed by atoms with Gasteiger partial charge in [-0.25, -0.2) is 0 Å². The summed E-state index contributed by atoms with van der Waals surface area (Å²) in [6, 6.07) is 0.396. The molecule has 646 valence electrons. The summed E-state index contributed by atoms with van der Waals surface area (Å²) in [7, 11) is -3.20. The van der Waals surface area contributed by atoms with E-state index in [1.165, 1.54) is 76.2 Å². The predicted molar refractivity (Wildman–Crippen MR) is 475 cm³/mol. The number of nitrogens with one attached hydrogen (secondary N) is 2. The van der Waals surface area contributed by atoms with Crippen molar-refractivity contribution in [3.8, 4) is 0 Å². The number of fused-ring (bicyclic) bond motifs is 35. The van der Waals surface area contributed by atoms with Crippen molar-refractivity contribution in [2.45, 2.75) is 226 Å². The van der Waals surface area contributed by atoms with E-state index in [2.05, 4.69) is 201 Å². The molecule has 7 N–H and O–H groups in total. The number of allylic oxidation sites excluding steroid dienone is 20. The second-order valence-corrected chi connectivity index (χ2v) is 53.9. The lowest BCUT2D eigenvalue weighted by Crippen LogP contribution is -2.42. The van der Waals surface area contributed by atoms with E-state index >= 15 is 0 Å². The molecule has 2 saturated heterocycles. The Bertz CT molecular complexity index is 3690. The van der Waals surface area contributed by atoms with Crippen molar-refractivity contribution in [1.82, 2.24) is 10.6 Å². The molecule has 0 aromatic heterocycles. The van der Waals surface area contributed by atoms with Crippen LogP contribution in [0.1, 0.15) is 178 Å². The molecule has 0 unspecified atom stereocenters. The Kier molecular flexibility index (Phi) is 28.2. The molecule has 0 radical (unpaired) electrons. The summed E-state index contributed by atoms with van der Waals surface area (Å²) < 4.78 is 12.6. The maximum absolute atomic E-state index is 11.7. The number of hydrogen-bond donors (Lipinski definition) is 7. The number of carboxylic acids is 1. The van der Waals surface area contributed by atoms with Crippen molar-refractivity contribution >= 4 is 40.1 Å². The van der Waals surface area contributed by atoms with Crippen molar-refractivity contribution in [3.05, 3.63) is 134 Å². The Morgan fingerprint density at radius 1 is 0.453 bits per heavy atom. The van der Waals surface area contributed by atoms with Gasteiger partial charge in [-0.15, -0.1) is 6.58 Å². The highest BCUT2D eigenvalue weighted by Gasteiger charge is 2.59. The molecule has 2 aliphatic heterocycles. The molecular formula is C102H154N2O11Si2. The molecule has 0 aromatic carbocycles. The van der Waals surface area contributed by atoms with Crippen LogP contribution in [-0.4, -0.2) is 124 Å². The highest BCUT2D eigenvalue weighted by atomic mass is 28.4. The zero-order chi connectivity index (χ0) is 83.3. The lowest BCUT2D eigenvalue weighted by atomic mass is 9.81.